The molecule has 1 heterocycles. The first-order valence-electron chi connectivity index (χ1n) is 7.37. The van der Waals surface area contributed by atoms with Gasteiger partial charge in [0.1, 0.15) is 0 Å². The van der Waals surface area contributed by atoms with Gasteiger partial charge < -0.3 is 19.9 Å². The summed E-state index contributed by atoms with van der Waals surface area (Å²) in [6.07, 6.45) is -5.56. The normalized spacial score (nSPS) is 14.2. The number of ether oxygens (including phenoxy) is 2. The number of hydrogen-bond acceptors (Lipinski definition) is 4. The van der Waals surface area contributed by atoms with Gasteiger partial charge in [-0.2, -0.15) is 13.2 Å². The van der Waals surface area contributed by atoms with Crippen molar-refractivity contribution in [2.45, 2.75) is 12.3 Å². The number of aliphatic hydroxyl groups excluding tert-OH is 1. The average Bonchev–Trinajstić information content (AvgIpc) is 3.06. The Kier molecular flexibility index (Phi) is 4.54. The molecule has 2 aromatic rings. The van der Waals surface area contributed by atoms with Gasteiger partial charge in [0.05, 0.1) is 11.7 Å². The zero-order valence-corrected chi connectivity index (χ0v) is 12.8. The highest BCUT2D eigenvalue weighted by molar-refractivity contribution is 5.94. The second-order valence-electron chi connectivity index (χ2n) is 5.41. The van der Waals surface area contributed by atoms with Gasteiger partial charge in [-0.3, -0.25) is 4.79 Å². The molecule has 1 amide bonds. The van der Waals surface area contributed by atoms with Crippen molar-refractivity contribution in [1.29, 1.82) is 0 Å². The number of hydrogen-bond donors (Lipinski definition) is 2. The Balaban J connectivity index is 1.60. The highest BCUT2D eigenvalue weighted by Crippen LogP contribution is 2.32. The SMILES string of the molecule is O=C(NCC(O)c1ccc(C(F)(F)F)cc1)c1ccc2c(c1)OCO2. The summed E-state index contributed by atoms with van der Waals surface area (Å²) in [6.45, 7) is -0.0499. The van der Waals surface area contributed by atoms with Crippen LogP contribution < -0.4 is 14.8 Å². The van der Waals surface area contributed by atoms with Crippen LogP contribution in [0.15, 0.2) is 42.5 Å². The Morgan fingerprint density at radius 2 is 1.80 bits per heavy atom. The summed E-state index contributed by atoms with van der Waals surface area (Å²) in [5.41, 5.74) is -0.198. The lowest BCUT2D eigenvalue weighted by molar-refractivity contribution is -0.137. The highest BCUT2D eigenvalue weighted by atomic mass is 19.4. The molecule has 0 bridgehead atoms. The van der Waals surface area contributed by atoms with Crippen molar-refractivity contribution in [3.8, 4) is 11.5 Å². The highest BCUT2D eigenvalue weighted by Gasteiger charge is 2.30. The van der Waals surface area contributed by atoms with Gasteiger partial charge in [0, 0.05) is 12.1 Å². The summed E-state index contributed by atoms with van der Waals surface area (Å²) in [5, 5.41) is 12.5. The molecule has 0 radical (unpaired) electrons. The van der Waals surface area contributed by atoms with Gasteiger partial charge in [0.2, 0.25) is 6.79 Å². The van der Waals surface area contributed by atoms with E-state index in [9.17, 15) is 23.1 Å². The number of rotatable bonds is 4. The van der Waals surface area contributed by atoms with E-state index < -0.39 is 23.8 Å². The summed E-state index contributed by atoms with van der Waals surface area (Å²) < 4.78 is 47.9. The number of carbonyl (C=O) groups excluding carboxylic acids is 1. The molecule has 5 nitrogen and oxygen atoms in total. The van der Waals surface area contributed by atoms with E-state index in [1.807, 2.05) is 0 Å². The first-order valence-corrected chi connectivity index (χ1v) is 7.37. The molecule has 0 fully saturated rings. The Morgan fingerprint density at radius 3 is 2.48 bits per heavy atom. The molecule has 1 atom stereocenters. The van der Waals surface area contributed by atoms with E-state index >= 15 is 0 Å². The quantitative estimate of drug-likeness (QED) is 0.887. The number of amides is 1. The van der Waals surface area contributed by atoms with Crippen LogP contribution in [0.1, 0.15) is 27.6 Å². The second kappa shape index (κ2) is 6.64. The summed E-state index contributed by atoms with van der Waals surface area (Å²) in [6, 6.07) is 8.80. The third-order valence-corrected chi connectivity index (χ3v) is 3.71. The van der Waals surface area contributed by atoms with Crippen LogP contribution in [0.4, 0.5) is 13.2 Å². The van der Waals surface area contributed by atoms with Crippen molar-refractivity contribution in [3.05, 3.63) is 59.2 Å². The molecule has 1 aliphatic heterocycles. The molecule has 3 rings (SSSR count). The third kappa shape index (κ3) is 3.85. The van der Waals surface area contributed by atoms with E-state index in [1.54, 1.807) is 12.1 Å². The molecule has 0 aliphatic carbocycles. The fourth-order valence-corrected chi connectivity index (χ4v) is 2.34. The zero-order chi connectivity index (χ0) is 18.0. The minimum Gasteiger partial charge on any atom is -0.454 e. The smallest absolute Gasteiger partial charge is 0.416 e. The van der Waals surface area contributed by atoms with Gasteiger partial charge in [0.25, 0.3) is 5.91 Å². The number of nitrogens with one attached hydrogen (secondary N) is 1. The lowest BCUT2D eigenvalue weighted by Crippen LogP contribution is -2.28. The second-order valence-corrected chi connectivity index (χ2v) is 5.41. The fraction of sp³-hybridized carbons (Fsp3) is 0.235. The van der Waals surface area contributed by atoms with Gasteiger partial charge in [-0.1, -0.05) is 12.1 Å². The van der Waals surface area contributed by atoms with Crippen LogP contribution in [0.3, 0.4) is 0 Å². The maximum atomic E-state index is 12.5. The van der Waals surface area contributed by atoms with E-state index in [1.165, 1.54) is 18.2 Å². The van der Waals surface area contributed by atoms with E-state index in [0.717, 1.165) is 12.1 Å². The number of benzene rings is 2. The maximum Gasteiger partial charge on any atom is 0.416 e. The first kappa shape index (κ1) is 17.1. The minimum absolute atomic E-state index is 0.0903. The Hall–Kier alpha value is -2.74. The summed E-state index contributed by atoms with van der Waals surface area (Å²) in [5.74, 6) is 0.557. The molecule has 1 aliphatic rings. The number of fused-ring (bicyclic) bond motifs is 1. The van der Waals surface area contributed by atoms with Crippen LogP contribution in [0.25, 0.3) is 0 Å². The molecule has 1 unspecified atom stereocenters. The number of aliphatic hydroxyl groups is 1. The predicted octanol–water partition coefficient (Wildman–Crippen LogP) is 2.90. The molecule has 2 aromatic carbocycles. The standard InChI is InChI=1S/C17H14F3NO4/c18-17(19,20)12-4-1-10(2-5-12)13(22)8-21-16(23)11-3-6-14-15(7-11)25-9-24-14/h1-7,13,22H,8-9H2,(H,21,23). The van der Waals surface area contributed by atoms with Gasteiger partial charge >= 0.3 is 6.18 Å². The lowest BCUT2D eigenvalue weighted by Gasteiger charge is -2.14. The molecule has 0 saturated heterocycles. The van der Waals surface area contributed by atoms with E-state index in [2.05, 4.69) is 5.32 Å². The van der Waals surface area contributed by atoms with E-state index in [0.29, 0.717) is 17.1 Å². The Morgan fingerprint density at radius 1 is 1.12 bits per heavy atom. The van der Waals surface area contributed by atoms with Crippen molar-refractivity contribution < 1.29 is 32.5 Å². The van der Waals surface area contributed by atoms with E-state index in [-0.39, 0.29) is 18.9 Å². The number of halogens is 3. The van der Waals surface area contributed by atoms with Crippen LogP contribution in [0.2, 0.25) is 0 Å². The number of alkyl halides is 3. The molecular weight excluding hydrogens is 339 g/mol. The van der Waals surface area contributed by atoms with Gasteiger partial charge in [-0.15, -0.1) is 0 Å². The molecular formula is C17H14F3NO4. The molecule has 132 valence electrons. The van der Waals surface area contributed by atoms with Crippen LogP contribution in [-0.2, 0) is 6.18 Å². The third-order valence-electron chi connectivity index (χ3n) is 3.71. The molecule has 0 spiro atoms. The zero-order valence-electron chi connectivity index (χ0n) is 12.8. The van der Waals surface area contributed by atoms with Crippen LogP contribution >= 0.6 is 0 Å². The van der Waals surface area contributed by atoms with Gasteiger partial charge in [-0.25, -0.2) is 0 Å². The van der Waals surface area contributed by atoms with Crippen molar-refractivity contribution >= 4 is 5.91 Å². The largest absolute Gasteiger partial charge is 0.454 e. The molecule has 0 saturated carbocycles. The maximum absolute atomic E-state index is 12.5. The summed E-state index contributed by atoms with van der Waals surface area (Å²) in [4.78, 5) is 12.1. The molecule has 2 N–H and O–H groups in total. The molecule has 0 aromatic heterocycles. The van der Waals surface area contributed by atoms with Crippen LogP contribution in [-0.4, -0.2) is 24.4 Å². The molecule has 25 heavy (non-hydrogen) atoms. The number of carbonyl (C=O) groups is 1. The Labute approximate surface area is 141 Å². The fourth-order valence-electron chi connectivity index (χ4n) is 2.34. The van der Waals surface area contributed by atoms with Crippen molar-refractivity contribution in [3.63, 3.8) is 0 Å². The van der Waals surface area contributed by atoms with Crippen LogP contribution in [0, 0.1) is 0 Å². The van der Waals surface area contributed by atoms with Crippen molar-refractivity contribution in [2.24, 2.45) is 0 Å². The Bertz CT molecular complexity index is 774. The lowest BCUT2D eigenvalue weighted by atomic mass is 10.1. The summed E-state index contributed by atoms with van der Waals surface area (Å²) >= 11 is 0. The first-order chi connectivity index (χ1) is 11.8. The van der Waals surface area contributed by atoms with Crippen molar-refractivity contribution in [1.82, 2.24) is 5.32 Å². The van der Waals surface area contributed by atoms with Crippen LogP contribution in [0.5, 0.6) is 11.5 Å². The average molecular weight is 353 g/mol. The minimum atomic E-state index is -4.43. The predicted molar refractivity (Wildman–Crippen MR) is 81.3 cm³/mol. The molecule has 8 heteroatoms. The topological polar surface area (TPSA) is 67.8 Å². The monoisotopic (exact) mass is 353 g/mol. The van der Waals surface area contributed by atoms with E-state index in [4.69, 9.17) is 9.47 Å². The summed E-state index contributed by atoms with van der Waals surface area (Å²) in [7, 11) is 0. The van der Waals surface area contributed by atoms with Crippen molar-refractivity contribution in [2.75, 3.05) is 13.3 Å². The van der Waals surface area contributed by atoms with Gasteiger partial charge in [0.15, 0.2) is 11.5 Å². The van der Waals surface area contributed by atoms with Gasteiger partial charge in [-0.05, 0) is 35.9 Å².